The van der Waals surface area contributed by atoms with E-state index in [9.17, 15) is 0 Å². The Morgan fingerprint density at radius 2 is 1.68 bits per heavy atom. The first-order chi connectivity index (χ1) is 10.2. The molecule has 0 aliphatic carbocycles. The molecule has 2 aromatic rings. The molecule has 118 valence electrons. The molecule has 3 rings (SSSR count). The first kappa shape index (κ1) is 15.6. The summed E-state index contributed by atoms with van der Waals surface area (Å²) in [5.74, 6) is 0.637. The van der Waals surface area contributed by atoms with E-state index in [-0.39, 0.29) is 18.3 Å². The van der Waals surface area contributed by atoms with Crippen LogP contribution in [0.25, 0.3) is 10.9 Å². The van der Waals surface area contributed by atoms with Gasteiger partial charge in [-0.25, -0.2) is 0 Å². The molecule has 1 fully saturated rings. The van der Waals surface area contributed by atoms with Crippen LogP contribution < -0.4 is 5.46 Å². The van der Waals surface area contributed by atoms with Gasteiger partial charge in [-0.2, -0.15) is 0 Å². The van der Waals surface area contributed by atoms with Crippen molar-refractivity contribution in [2.45, 2.75) is 59.3 Å². The summed E-state index contributed by atoms with van der Waals surface area (Å²) >= 11 is 0. The summed E-state index contributed by atoms with van der Waals surface area (Å²) in [5.41, 5.74) is 1.77. The van der Waals surface area contributed by atoms with Crippen LogP contribution in [0.5, 0.6) is 0 Å². The van der Waals surface area contributed by atoms with Crippen molar-refractivity contribution >= 4 is 23.5 Å². The van der Waals surface area contributed by atoms with Gasteiger partial charge in [-0.1, -0.05) is 26.0 Å². The van der Waals surface area contributed by atoms with Crippen molar-refractivity contribution in [2.75, 3.05) is 0 Å². The van der Waals surface area contributed by atoms with Gasteiger partial charge in [0.25, 0.3) is 0 Å². The molecule has 0 radical (unpaired) electrons. The van der Waals surface area contributed by atoms with Crippen LogP contribution in [0.15, 0.2) is 30.5 Å². The van der Waals surface area contributed by atoms with Gasteiger partial charge >= 0.3 is 7.12 Å². The highest BCUT2D eigenvalue weighted by Gasteiger charge is 2.51. The van der Waals surface area contributed by atoms with Gasteiger partial charge in [0.2, 0.25) is 0 Å². The number of aromatic nitrogens is 1. The molecule has 0 bridgehead atoms. The van der Waals surface area contributed by atoms with Crippen LogP contribution in [0.4, 0.5) is 0 Å². The van der Waals surface area contributed by atoms with Gasteiger partial charge in [0, 0.05) is 18.3 Å². The predicted octanol–water partition coefficient (Wildman–Crippen LogP) is 3.60. The minimum atomic E-state index is -0.295. The van der Waals surface area contributed by atoms with Gasteiger partial charge < -0.3 is 13.9 Å². The lowest BCUT2D eigenvalue weighted by molar-refractivity contribution is 0.00578. The zero-order chi connectivity index (χ0) is 16.1. The van der Waals surface area contributed by atoms with E-state index in [2.05, 4.69) is 76.6 Å². The number of rotatable bonds is 3. The van der Waals surface area contributed by atoms with E-state index in [1.165, 1.54) is 10.9 Å². The van der Waals surface area contributed by atoms with Gasteiger partial charge in [-0.3, -0.25) is 0 Å². The van der Waals surface area contributed by atoms with E-state index in [1.54, 1.807) is 0 Å². The number of hydrogen-bond acceptors (Lipinski definition) is 2. The van der Waals surface area contributed by atoms with Gasteiger partial charge in [0.15, 0.2) is 0 Å². The van der Waals surface area contributed by atoms with E-state index in [0.717, 1.165) is 12.0 Å². The predicted molar refractivity (Wildman–Crippen MR) is 92.5 cm³/mol. The lowest BCUT2D eigenvalue weighted by Gasteiger charge is -2.32. The van der Waals surface area contributed by atoms with Crippen molar-refractivity contribution in [3.63, 3.8) is 0 Å². The molecule has 1 saturated heterocycles. The Labute approximate surface area is 133 Å². The highest BCUT2D eigenvalue weighted by molar-refractivity contribution is 6.62. The number of fused-ring (bicyclic) bond motifs is 1. The summed E-state index contributed by atoms with van der Waals surface area (Å²) < 4.78 is 14.6. The Hall–Kier alpha value is -1.26. The largest absolute Gasteiger partial charge is 0.494 e. The molecule has 4 heteroatoms. The molecule has 0 N–H and O–H groups in total. The van der Waals surface area contributed by atoms with Crippen LogP contribution in [0, 0.1) is 5.92 Å². The Morgan fingerprint density at radius 1 is 1.05 bits per heavy atom. The molecule has 1 aliphatic rings. The standard InChI is InChI=1S/C18H26BNO2/c1-13(2)12-20-10-9-14-11-15(7-8-16(14)20)19-21-17(3,4)18(5,6)22-19/h7-11,13H,12H2,1-6H3. The van der Waals surface area contributed by atoms with Crippen molar-refractivity contribution in [3.8, 4) is 0 Å². The molecular formula is C18H26BNO2. The van der Waals surface area contributed by atoms with Crippen molar-refractivity contribution in [2.24, 2.45) is 5.92 Å². The Bertz CT molecular complexity index is 671. The minimum Gasteiger partial charge on any atom is -0.399 e. The summed E-state index contributed by atoms with van der Waals surface area (Å²) in [4.78, 5) is 0. The third kappa shape index (κ3) is 2.59. The molecule has 0 unspecified atom stereocenters. The van der Waals surface area contributed by atoms with Crippen molar-refractivity contribution in [1.29, 1.82) is 0 Å². The van der Waals surface area contributed by atoms with Crippen LogP contribution in [0.2, 0.25) is 0 Å². The van der Waals surface area contributed by atoms with Crippen LogP contribution in [0.1, 0.15) is 41.5 Å². The highest BCUT2D eigenvalue weighted by Crippen LogP contribution is 2.36. The van der Waals surface area contributed by atoms with E-state index in [4.69, 9.17) is 9.31 Å². The topological polar surface area (TPSA) is 23.4 Å². The van der Waals surface area contributed by atoms with Gasteiger partial charge in [0.1, 0.15) is 0 Å². The second-order valence-electron chi connectivity index (χ2n) is 7.77. The highest BCUT2D eigenvalue weighted by atomic mass is 16.7. The summed E-state index contributed by atoms with van der Waals surface area (Å²) in [6, 6.07) is 8.67. The Balaban J connectivity index is 1.91. The molecule has 0 spiro atoms. The second-order valence-corrected chi connectivity index (χ2v) is 7.77. The Morgan fingerprint density at radius 3 is 2.27 bits per heavy atom. The molecule has 22 heavy (non-hydrogen) atoms. The van der Waals surface area contributed by atoms with E-state index in [1.807, 2.05) is 0 Å². The number of hydrogen-bond donors (Lipinski definition) is 0. The maximum absolute atomic E-state index is 6.14. The van der Waals surface area contributed by atoms with Gasteiger partial charge in [-0.05, 0) is 56.6 Å². The van der Waals surface area contributed by atoms with Crippen LogP contribution >= 0.6 is 0 Å². The van der Waals surface area contributed by atoms with E-state index >= 15 is 0 Å². The first-order valence-electron chi connectivity index (χ1n) is 8.14. The van der Waals surface area contributed by atoms with Gasteiger partial charge in [0.05, 0.1) is 11.2 Å². The number of nitrogens with zero attached hydrogens (tertiary/aromatic N) is 1. The molecule has 1 aromatic carbocycles. The molecule has 0 amide bonds. The molecule has 2 heterocycles. The maximum atomic E-state index is 6.14. The van der Waals surface area contributed by atoms with Crippen LogP contribution in [-0.4, -0.2) is 22.9 Å². The van der Waals surface area contributed by atoms with Gasteiger partial charge in [-0.15, -0.1) is 0 Å². The van der Waals surface area contributed by atoms with Crippen molar-refractivity contribution < 1.29 is 9.31 Å². The van der Waals surface area contributed by atoms with Crippen molar-refractivity contribution in [1.82, 2.24) is 4.57 Å². The van der Waals surface area contributed by atoms with Crippen LogP contribution in [-0.2, 0) is 15.9 Å². The summed E-state index contributed by atoms with van der Waals surface area (Å²) in [7, 11) is -0.289. The van der Waals surface area contributed by atoms with Crippen LogP contribution in [0.3, 0.4) is 0 Å². The normalized spacial score (nSPS) is 20.2. The molecule has 0 saturated carbocycles. The zero-order valence-corrected chi connectivity index (χ0v) is 14.5. The lowest BCUT2D eigenvalue weighted by atomic mass is 9.78. The zero-order valence-electron chi connectivity index (χ0n) is 14.5. The fourth-order valence-electron chi connectivity index (χ4n) is 2.90. The minimum absolute atomic E-state index is 0.289. The molecule has 1 aliphatic heterocycles. The first-order valence-corrected chi connectivity index (χ1v) is 8.14. The third-order valence-corrected chi connectivity index (χ3v) is 4.88. The third-order valence-electron chi connectivity index (χ3n) is 4.88. The quantitative estimate of drug-likeness (QED) is 0.808. The van der Waals surface area contributed by atoms with E-state index < -0.39 is 0 Å². The average molecular weight is 299 g/mol. The molecular weight excluding hydrogens is 273 g/mol. The molecule has 3 nitrogen and oxygen atoms in total. The SMILES string of the molecule is CC(C)Cn1ccc2cc(B3OC(C)(C)C(C)(C)O3)ccc21. The monoisotopic (exact) mass is 299 g/mol. The summed E-state index contributed by atoms with van der Waals surface area (Å²) in [5, 5.41) is 1.24. The fourth-order valence-corrected chi connectivity index (χ4v) is 2.90. The Kier molecular flexibility index (Phi) is 3.65. The van der Waals surface area contributed by atoms with E-state index in [0.29, 0.717) is 5.92 Å². The summed E-state index contributed by atoms with van der Waals surface area (Å²) in [6.45, 7) is 13.9. The summed E-state index contributed by atoms with van der Waals surface area (Å²) in [6.07, 6.45) is 2.17. The molecule has 1 aromatic heterocycles. The maximum Gasteiger partial charge on any atom is 0.494 e. The molecule has 0 atom stereocenters. The average Bonchev–Trinajstić information content (AvgIpc) is 2.88. The lowest BCUT2D eigenvalue weighted by Crippen LogP contribution is -2.41. The second kappa shape index (κ2) is 5.14. The number of benzene rings is 1. The smallest absolute Gasteiger partial charge is 0.399 e. The fraction of sp³-hybridized carbons (Fsp3) is 0.556. The van der Waals surface area contributed by atoms with Crippen molar-refractivity contribution in [3.05, 3.63) is 30.5 Å².